The molecule has 0 saturated carbocycles. The molecule has 0 aliphatic carbocycles. The van der Waals surface area contributed by atoms with E-state index in [-0.39, 0.29) is 24.9 Å². The average molecular weight is 230 g/mol. The SMILES string of the molecule is CCN(CC(C)C(=O)O)C(=O)CNC(C)=O. The Labute approximate surface area is 94.6 Å². The highest BCUT2D eigenvalue weighted by molar-refractivity contribution is 5.84. The van der Waals surface area contributed by atoms with Crippen molar-refractivity contribution in [2.75, 3.05) is 19.6 Å². The monoisotopic (exact) mass is 230 g/mol. The Balaban J connectivity index is 4.21. The van der Waals surface area contributed by atoms with E-state index < -0.39 is 11.9 Å². The number of aliphatic carboxylic acids is 1. The molecule has 92 valence electrons. The first-order valence-corrected chi connectivity index (χ1v) is 5.13. The molecule has 6 heteroatoms. The predicted molar refractivity (Wildman–Crippen MR) is 57.7 cm³/mol. The second kappa shape index (κ2) is 6.81. The summed E-state index contributed by atoms with van der Waals surface area (Å²) in [5, 5.41) is 11.1. The third-order valence-electron chi connectivity index (χ3n) is 2.14. The van der Waals surface area contributed by atoms with Crippen molar-refractivity contribution in [2.24, 2.45) is 5.92 Å². The van der Waals surface area contributed by atoms with Gasteiger partial charge in [0.15, 0.2) is 0 Å². The van der Waals surface area contributed by atoms with Crippen LogP contribution in [0.15, 0.2) is 0 Å². The molecule has 0 heterocycles. The molecule has 0 aromatic carbocycles. The molecule has 2 amide bonds. The number of carboxylic acid groups (broad SMARTS) is 1. The predicted octanol–water partition coefficient (Wildman–Crippen LogP) is -0.308. The van der Waals surface area contributed by atoms with E-state index in [0.717, 1.165) is 0 Å². The highest BCUT2D eigenvalue weighted by atomic mass is 16.4. The molecule has 0 radical (unpaired) electrons. The summed E-state index contributed by atoms with van der Waals surface area (Å²) in [5.74, 6) is -2.10. The van der Waals surface area contributed by atoms with Crippen LogP contribution in [0, 0.1) is 5.92 Å². The summed E-state index contributed by atoms with van der Waals surface area (Å²) in [5.41, 5.74) is 0. The number of carbonyl (C=O) groups excluding carboxylic acids is 2. The Morgan fingerprint density at radius 2 is 1.94 bits per heavy atom. The van der Waals surface area contributed by atoms with E-state index in [9.17, 15) is 14.4 Å². The fourth-order valence-corrected chi connectivity index (χ4v) is 1.13. The maximum absolute atomic E-state index is 11.6. The molecule has 0 fully saturated rings. The van der Waals surface area contributed by atoms with Crippen LogP contribution in [0.25, 0.3) is 0 Å². The Bertz CT molecular complexity index is 278. The summed E-state index contributed by atoms with van der Waals surface area (Å²) in [7, 11) is 0. The topological polar surface area (TPSA) is 86.7 Å². The second-order valence-electron chi connectivity index (χ2n) is 3.58. The van der Waals surface area contributed by atoms with E-state index in [2.05, 4.69) is 5.32 Å². The van der Waals surface area contributed by atoms with E-state index in [0.29, 0.717) is 6.54 Å². The molecule has 0 aromatic heterocycles. The molecule has 0 rings (SSSR count). The van der Waals surface area contributed by atoms with Gasteiger partial charge >= 0.3 is 5.97 Å². The van der Waals surface area contributed by atoms with Gasteiger partial charge in [0.1, 0.15) is 0 Å². The van der Waals surface area contributed by atoms with Gasteiger partial charge in [-0.2, -0.15) is 0 Å². The molecule has 0 spiro atoms. The van der Waals surface area contributed by atoms with Gasteiger partial charge in [0.05, 0.1) is 12.5 Å². The molecular formula is C10H18N2O4. The number of rotatable bonds is 6. The van der Waals surface area contributed by atoms with Gasteiger partial charge in [-0.05, 0) is 6.92 Å². The van der Waals surface area contributed by atoms with Crippen molar-refractivity contribution in [3.05, 3.63) is 0 Å². The van der Waals surface area contributed by atoms with Crippen molar-refractivity contribution in [2.45, 2.75) is 20.8 Å². The van der Waals surface area contributed by atoms with Crippen LogP contribution in [-0.2, 0) is 14.4 Å². The largest absolute Gasteiger partial charge is 0.481 e. The maximum Gasteiger partial charge on any atom is 0.308 e. The number of carboxylic acids is 1. The van der Waals surface area contributed by atoms with Crippen LogP contribution < -0.4 is 5.32 Å². The van der Waals surface area contributed by atoms with E-state index in [1.54, 1.807) is 6.92 Å². The van der Waals surface area contributed by atoms with Gasteiger partial charge in [0, 0.05) is 20.0 Å². The van der Waals surface area contributed by atoms with Gasteiger partial charge in [-0.25, -0.2) is 0 Å². The summed E-state index contributed by atoms with van der Waals surface area (Å²) < 4.78 is 0. The van der Waals surface area contributed by atoms with Gasteiger partial charge < -0.3 is 15.3 Å². The first kappa shape index (κ1) is 14.4. The standard InChI is InChI=1S/C10H18N2O4/c1-4-12(6-7(2)10(15)16)9(14)5-11-8(3)13/h7H,4-6H2,1-3H3,(H,11,13)(H,15,16). The Morgan fingerprint density at radius 1 is 1.38 bits per heavy atom. The van der Waals surface area contributed by atoms with Gasteiger partial charge in [0.2, 0.25) is 11.8 Å². The van der Waals surface area contributed by atoms with Crippen LogP contribution >= 0.6 is 0 Å². The van der Waals surface area contributed by atoms with Gasteiger partial charge in [-0.3, -0.25) is 14.4 Å². The number of carbonyl (C=O) groups is 3. The van der Waals surface area contributed by atoms with Crippen LogP contribution in [-0.4, -0.2) is 47.4 Å². The minimum atomic E-state index is -0.939. The van der Waals surface area contributed by atoms with Crippen LogP contribution in [0.1, 0.15) is 20.8 Å². The van der Waals surface area contributed by atoms with E-state index in [1.807, 2.05) is 0 Å². The summed E-state index contributed by atoms with van der Waals surface area (Å²) >= 11 is 0. The zero-order chi connectivity index (χ0) is 12.7. The minimum Gasteiger partial charge on any atom is -0.481 e. The molecule has 0 aromatic rings. The van der Waals surface area contributed by atoms with Crippen LogP contribution in [0.3, 0.4) is 0 Å². The van der Waals surface area contributed by atoms with Crippen LogP contribution in [0.4, 0.5) is 0 Å². The number of amides is 2. The average Bonchev–Trinajstić information content (AvgIpc) is 2.21. The minimum absolute atomic E-state index is 0.0878. The Hall–Kier alpha value is -1.59. The molecule has 6 nitrogen and oxygen atoms in total. The Kier molecular flexibility index (Phi) is 6.14. The lowest BCUT2D eigenvalue weighted by atomic mass is 10.1. The summed E-state index contributed by atoms with van der Waals surface area (Å²) in [6.45, 7) is 5.12. The van der Waals surface area contributed by atoms with E-state index >= 15 is 0 Å². The van der Waals surface area contributed by atoms with Crippen molar-refractivity contribution >= 4 is 17.8 Å². The molecule has 16 heavy (non-hydrogen) atoms. The van der Waals surface area contributed by atoms with E-state index in [1.165, 1.54) is 18.7 Å². The highest BCUT2D eigenvalue weighted by Crippen LogP contribution is 2.00. The lowest BCUT2D eigenvalue weighted by Crippen LogP contribution is -2.42. The summed E-state index contributed by atoms with van der Waals surface area (Å²) in [4.78, 5) is 34.2. The fourth-order valence-electron chi connectivity index (χ4n) is 1.13. The highest BCUT2D eigenvalue weighted by Gasteiger charge is 2.18. The van der Waals surface area contributed by atoms with Crippen molar-refractivity contribution in [3.63, 3.8) is 0 Å². The molecule has 1 atom stereocenters. The lowest BCUT2D eigenvalue weighted by Gasteiger charge is -2.22. The van der Waals surface area contributed by atoms with Crippen molar-refractivity contribution in [1.29, 1.82) is 0 Å². The summed E-state index contributed by atoms with van der Waals surface area (Å²) in [6.07, 6.45) is 0. The molecule has 0 aliphatic heterocycles. The van der Waals surface area contributed by atoms with Crippen molar-refractivity contribution in [1.82, 2.24) is 10.2 Å². The van der Waals surface area contributed by atoms with E-state index in [4.69, 9.17) is 5.11 Å². The zero-order valence-electron chi connectivity index (χ0n) is 9.82. The first-order valence-electron chi connectivity index (χ1n) is 5.13. The second-order valence-corrected chi connectivity index (χ2v) is 3.58. The van der Waals surface area contributed by atoms with Crippen molar-refractivity contribution in [3.8, 4) is 0 Å². The quantitative estimate of drug-likeness (QED) is 0.655. The van der Waals surface area contributed by atoms with Gasteiger partial charge in [0.25, 0.3) is 0 Å². The number of hydrogen-bond donors (Lipinski definition) is 2. The van der Waals surface area contributed by atoms with Gasteiger partial charge in [-0.1, -0.05) is 6.92 Å². The Morgan fingerprint density at radius 3 is 2.31 bits per heavy atom. The third-order valence-corrected chi connectivity index (χ3v) is 2.14. The molecule has 0 bridgehead atoms. The smallest absolute Gasteiger partial charge is 0.308 e. The number of likely N-dealkylation sites (N-methyl/N-ethyl adjacent to an activating group) is 1. The number of nitrogens with zero attached hydrogens (tertiary/aromatic N) is 1. The summed E-state index contributed by atoms with van der Waals surface area (Å²) in [6, 6.07) is 0. The van der Waals surface area contributed by atoms with Crippen LogP contribution in [0.2, 0.25) is 0 Å². The van der Waals surface area contributed by atoms with Crippen molar-refractivity contribution < 1.29 is 19.5 Å². The normalized spacial score (nSPS) is 11.7. The molecule has 1 unspecified atom stereocenters. The molecule has 0 saturated heterocycles. The zero-order valence-corrected chi connectivity index (χ0v) is 9.82. The molecular weight excluding hydrogens is 212 g/mol. The fraction of sp³-hybridized carbons (Fsp3) is 0.700. The number of hydrogen-bond acceptors (Lipinski definition) is 3. The first-order chi connectivity index (χ1) is 7.38. The third kappa shape index (κ3) is 5.33. The maximum atomic E-state index is 11.6. The van der Waals surface area contributed by atoms with Gasteiger partial charge in [-0.15, -0.1) is 0 Å². The van der Waals surface area contributed by atoms with Crippen LogP contribution in [0.5, 0.6) is 0 Å². The number of nitrogens with one attached hydrogen (secondary N) is 1. The lowest BCUT2D eigenvalue weighted by molar-refractivity contribution is -0.143. The molecule has 2 N–H and O–H groups in total. The molecule has 0 aliphatic rings.